The molecule has 0 radical (unpaired) electrons. The minimum Gasteiger partial charge on any atom is -0.481 e. The van der Waals surface area contributed by atoms with Crippen LogP contribution in [0.15, 0.2) is 12.2 Å². The molecule has 0 heterocycles. The highest BCUT2D eigenvalue weighted by molar-refractivity contribution is 5.62. The van der Waals surface area contributed by atoms with Crippen LogP contribution >= 0.6 is 0 Å². The molecule has 0 spiro atoms. The van der Waals surface area contributed by atoms with Crippen molar-refractivity contribution >= 4 is 5.97 Å². The van der Waals surface area contributed by atoms with Crippen LogP contribution < -0.4 is 0 Å². The van der Waals surface area contributed by atoms with E-state index in [-0.39, 0.29) is 0 Å². The highest BCUT2D eigenvalue weighted by atomic mass is 16.4. The predicted octanol–water partition coefficient (Wildman–Crippen LogP) is 5.57. The van der Waals surface area contributed by atoms with E-state index in [9.17, 15) is 0 Å². The van der Waals surface area contributed by atoms with Gasteiger partial charge < -0.3 is 5.11 Å². The van der Waals surface area contributed by atoms with Crippen LogP contribution in [0, 0.1) is 0 Å². The molecule has 0 atom stereocenters. The van der Waals surface area contributed by atoms with Gasteiger partial charge in [-0.3, -0.25) is 4.79 Å². The second-order valence-corrected chi connectivity index (χ2v) is 4.69. The molecular weight excluding hydrogens is 224 g/mol. The number of carboxylic acid groups (broad SMARTS) is 1. The van der Waals surface area contributed by atoms with E-state index < -0.39 is 5.97 Å². The molecule has 0 aliphatic rings. The quantitative estimate of drug-likeness (QED) is 0.409. The zero-order valence-electron chi connectivity index (χ0n) is 12.6. The molecule has 2 heteroatoms. The van der Waals surface area contributed by atoms with Crippen LogP contribution in [0.25, 0.3) is 0 Å². The van der Waals surface area contributed by atoms with Gasteiger partial charge in [0, 0.05) is 6.92 Å². The molecule has 0 aromatic carbocycles. The molecule has 0 rings (SSSR count). The number of allylic oxidation sites excluding steroid dienone is 2. The minimum atomic E-state index is -0.833. The Morgan fingerprint density at radius 1 is 0.833 bits per heavy atom. The Balaban J connectivity index is 0. The molecule has 0 aliphatic carbocycles. The maximum absolute atomic E-state index is 9.00. The normalized spacial score (nSPS) is 10.2. The molecule has 18 heavy (non-hydrogen) atoms. The molecule has 1 N–H and O–H groups in total. The first kappa shape index (κ1) is 19.5. The third kappa shape index (κ3) is 29.5. The Bertz CT molecular complexity index is 168. The van der Waals surface area contributed by atoms with E-state index in [0.29, 0.717) is 0 Å². The van der Waals surface area contributed by atoms with Gasteiger partial charge in [0.2, 0.25) is 0 Å². The van der Waals surface area contributed by atoms with Crippen LogP contribution in [0.2, 0.25) is 0 Å². The van der Waals surface area contributed by atoms with Crippen molar-refractivity contribution in [2.75, 3.05) is 0 Å². The van der Waals surface area contributed by atoms with Crippen molar-refractivity contribution in [1.29, 1.82) is 0 Å². The standard InChI is InChI=1S/C14H28.C2H4O2/c1-3-5-7-9-11-13-14-12-10-8-6-4-2;1-2(3)4/h13-14H,3-12H2,1-2H3;1H3,(H,3,4)/b14-13+;. The topological polar surface area (TPSA) is 37.3 Å². The fourth-order valence-corrected chi connectivity index (χ4v) is 1.61. The van der Waals surface area contributed by atoms with Crippen LogP contribution in [0.4, 0.5) is 0 Å². The van der Waals surface area contributed by atoms with Gasteiger partial charge in [-0.15, -0.1) is 0 Å². The molecule has 0 bridgehead atoms. The summed E-state index contributed by atoms with van der Waals surface area (Å²) in [6.07, 6.45) is 18.5. The lowest BCUT2D eigenvalue weighted by atomic mass is 10.1. The maximum Gasteiger partial charge on any atom is 0.300 e. The monoisotopic (exact) mass is 256 g/mol. The van der Waals surface area contributed by atoms with E-state index in [0.717, 1.165) is 6.92 Å². The number of carbonyl (C=O) groups is 1. The lowest BCUT2D eigenvalue weighted by Crippen LogP contribution is -1.78. The van der Waals surface area contributed by atoms with E-state index in [1.165, 1.54) is 64.2 Å². The van der Waals surface area contributed by atoms with Crippen LogP contribution in [-0.4, -0.2) is 11.1 Å². The van der Waals surface area contributed by atoms with Gasteiger partial charge in [0.15, 0.2) is 0 Å². The zero-order chi connectivity index (χ0) is 14.1. The summed E-state index contributed by atoms with van der Waals surface area (Å²) in [7, 11) is 0. The number of hydrogen-bond acceptors (Lipinski definition) is 1. The van der Waals surface area contributed by atoms with Crippen molar-refractivity contribution in [3.8, 4) is 0 Å². The van der Waals surface area contributed by atoms with Crippen molar-refractivity contribution in [2.45, 2.75) is 85.0 Å². The fraction of sp³-hybridized carbons (Fsp3) is 0.812. The number of unbranched alkanes of at least 4 members (excludes halogenated alkanes) is 8. The van der Waals surface area contributed by atoms with Gasteiger partial charge in [-0.1, -0.05) is 64.5 Å². The molecule has 2 nitrogen and oxygen atoms in total. The summed E-state index contributed by atoms with van der Waals surface area (Å²) >= 11 is 0. The second-order valence-electron chi connectivity index (χ2n) is 4.69. The molecule has 0 aromatic rings. The minimum absolute atomic E-state index is 0.833. The lowest BCUT2D eigenvalue weighted by Gasteiger charge is -1.95. The SMILES string of the molecule is CC(=O)O.CCCCCC/C=C/CCCCCC. The van der Waals surface area contributed by atoms with Crippen molar-refractivity contribution in [1.82, 2.24) is 0 Å². The molecule has 108 valence electrons. The lowest BCUT2D eigenvalue weighted by molar-refractivity contribution is -0.134. The number of carboxylic acids is 1. The van der Waals surface area contributed by atoms with Gasteiger partial charge >= 0.3 is 0 Å². The van der Waals surface area contributed by atoms with E-state index in [2.05, 4.69) is 26.0 Å². The zero-order valence-corrected chi connectivity index (χ0v) is 12.6. The molecule has 0 aliphatic heterocycles. The average molecular weight is 256 g/mol. The van der Waals surface area contributed by atoms with Crippen LogP contribution in [0.5, 0.6) is 0 Å². The van der Waals surface area contributed by atoms with Crippen LogP contribution in [-0.2, 0) is 4.79 Å². The summed E-state index contributed by atoms with van der Waals surface area (Å²) < 4.78 is 0. The first-order chi connectivity index (χ1) is 8.65. The van der Waals surface area contributed by atoms with Crippen LogP contribution in [0.3, 0.4) is 0 Å². The smallest absolute Gasteiger partial charge is 0.300 e. The maximum atomic E-state index is 9.00. The molecule has 0 saturated heterocycles. The summed E-state index contributed by atoms with van der Waals surface area (Å²) in [6, 6.07) is 0. The molecule has 0 fully saturated rings. The summed E-state index contributed by atoms with van der Waals surface area (Å²) in [5.74, 6) is -0.833. The predicted molar refractivity (Wildman–Crippen MR) is 80.0 cm³/mol. The van der Waals surface area contributed by atoms with Crippen molar-refractivity contribution in [3.05, 3.63) is 12.2 Å². The van der Waals surface area contributed by atoms with E-state index in [4.69, 9.17) is 9.90 Å². The van der Waals surface area contributed by atoms with Gasteiger partial charge in [0.25, 0.3) is 5.97 Å². The van der Waals surface area contributed by atoms with Crippen molar-refractivity contribution in [3.63, 3.8) is 0 Å². The van der Waals surface area contributed by atoms with E-state index in [1.54, 1.807) is 0 Å². The van der Waals surface area contributed by atoms with Gasteiger partial charge in [-0.05, 0) is 25.7 Å². The van der Waals surface area contributed by atoms with Gasteiger partial charge in [0.05, 0.1) is 0 Å². The Labute approximate surface area is 113 Å². The highest BCUT2D eigenvalue weighted by Crippen LogP contribution is 2.06. The van der Waals surface area contributed by atoms with E-state index >= 15 is 0 Å². The number of rotatable bonds is 10. The third-order valence-corrected chi connectivity index (χ3v) is 2.62. The van der Waals surface area contributed by atoms with Crippen molar-refractivity contribution in [2.24, 2.45) is 0 Å². The first-order valence-corrected chi connectivity index (χ1v) is 7.49. The first-order valence-electron chi connectivity index (χ1n) is 7.49. The number of aliphatic carboxylic acids is 1. The third-order valence-electron chi connectivity index (χ3n) is 2.62. The Kier molecular flexibility index (Phi) is 20.2. The summed E-state index contributed by atoms with van der Waals surface area (Å²) in [4.78, 5) is 9.00. The largest absolute Gasteiger partial charge is 0.481 e. The molecule has 0 saturated carbocycles. The summed E-state index contributed by atoms with van der Waals surface area (Å²) in [6.45, 7) is 5.62. The fourth-order valence-electron chi connectivity index (χ4n) is 1.61. The highest BCUT2D eigenvalue weighted by Gasteiger charge is 1.86. The van der Waals surface area contributed by atoms with Gasteiger partial charge in [-0.2, -0.15) is 0 Å². The second kappa shape index (κ2) is 18.6. The Morgan fingerprint density at radius 2 is 1.17 bits per heavy atom. The molecular formula is C16H32O2. The van der Waals surface area contributed by atoms with Crippen molar-refractivity contribution < 1.29 is 9.90 Å². The van der Waals surface area contributed by atoms with Crippen LogP contribution in [0.1, 0.15) is 85.0 Å². The number of hydrogen-bond donors (Lipinski definition) is 1. The Morgan fingerprint density at radius 3 is 1.44 bits per heavy atom. The van der Waals surface area contributed by atoms with Gasteiger partial charge in [0.1, 0.15) is 0 Å². The molecule has 0 aromatic heterocycles. The van der Waals surface area contributed by atoms with E-state index in [1.807, 2.05) is 0 Å². The van der Waals surface area contributed by atoms with Gasteiger partial charge in [-0.25, -0.2) is 0 Å². The molecule has 0 unspecified atom stereocenters. The summed E-state index contributed by atoms with van der Waals surface area (Å²) in [5.41, 5.74) is 0. The summed E-state index contributed by atoms with van der Waals surface area (Å²) in [5, 5.41) is 7.42. The Hall–Kier alpha value is -0.790. The molecule has 0 amide bonds. The average Bonchev–Trinajstić information content (AvgIpc) is 2.31.